The highest BCUT2D eigenvalue weighted by Gasteiger charge is 2.15. The smallest absolute Gasteiger partial charge is 0.161 e. The van der Waals surface area contributed by atoms with Crippen molar-refractivity contribution in [2.75, 3.05) is 0 Å². The number of rotatable bonds is 2. The molecule has 118 valence electrons. The predicted octanol–water partition coefficient (Wildman–Crippen LogP) is 2.61. The first-order chi connectivity index (χ1) is 11.6. The maximum atomic E-state index is 5.91. The first-order valence-corrected chi connectivity index (χ1v) is 7.45. The fourth-order valence-electron chi connectivity index (χ4n) is 2.31. The average molecular weight is 315 g/mol. The van der Waals surface area contributed by atoms with E-state index in [0.29, 0.717) is 17.2 Å². The molecule has 0 aromatic carbocycles. The summed E-state index contributed by atoms with van der Waals surface area (Å²) in [6, 6.07) is 7.67. The predicted molar refractivity (Wildman–Crippen MR) is 94.3 cm³/mol. The molecule has 0 saturated carbocycles. The fourth-order valence-corrected chi connectivity index (χ4v) is 2.31. The van der Waals surface area contributed by atoms with Crippen molar-refractivity contribution < 1.29 is 0 Å². The highest BCUT2D eigenvalue weighted by Crippen LogP contribution is 2.20. The average Bonchev–Trinajstić information content (AvgIpc) is 2.92. The molecule has 0 saturated heterocycles. The van der Waals surface area contributed by atoms with Crippen molar-refractivity contribution in [1.82, 2.24) is 19.5 Å². The molecule has 0 atom stereocenters. The Morgan fingerprint density at radius 3 is 2.62 bits per heavy atom. The minimum Gasteiger partial charge on any atom is -0.396 e. The highest BCUT2D eigenvalue weighted by atomic mass is 15.1. The first-order valence-electron chi connectivity index (χ1n) is 7.45. The van der Waals surface area contributed by atoms with Gasteiger partial charge in [0.25, 0.3) is 0 Å². The van der Waals surface area contributed by atoms with Gasteiger partial charge in [-0.05, 0) is 44.0 Å². The molecule has 0 fully saturated rings. The largest absolute Gasteiger partial charge is 0.396 e. The van der Waals surface area contributed by atoms with Crippen LogP contribution >= 0.6 is 0 Å². The van der Waals surface area contributed by atoms with E-state index < -0.39 is 0 Å². The molecular formula is C19H17N5. The van der Waals surface area contributed by atoms with E-state index in [9.17, 15) is 0 Å². The van der Waals surface area contributed by atoms with E-state index in [0.717, 1.165) is 22.6 Å². The Labute approximate surface area is 140 Å². The van der Waals surface area contributed by atoms with Crippen molar-refractivity contribution in [2.24, 2.45) is 5.73 Å². The Bertz CT molecular complexity index is 941. The van der Waals surface area contributed by atoms with Gasteiger partial charge in [0.2, 0.25) is 0 Å². The van der Waals surface area contributed by atoms with E-state index >= 15 is 0 Å². The second-order valence-electron chi connectivity index (χ2n) is 5.38. The monoisotopic (exact) mass is 315 g/mol. The minimum absolute atomic E-state index is 0.383. The molecule has 3 aromatic rings. The molecule has 3 heterocycles. The van der Waals surface area contributed by atoms with Crippen LogP contribution in [0.1, 0.15) is 28.5 Å². The summed E-state index contributed by atoms with van der Waals surface area (Å²) in [6.45, 7) is 7.71. The Balaban J connectivity index is 2.10. The van der Waals surface area contributed by atoms with Crippen LogP contribution in [0.5, 0.6) is 0 Å². The van der Waals surface area contributed by atoms with Gasteiger partial charge in [0.15, 0.2) is 5.82 Å². The summed E-state index contributed by atoms with van der Waals surface area (Å²) in [5.74, 6) is 6.73. The van der Waals surface area contributed by atoms with Crippen molar-refractivity contribution in [1.29, 1.82) is 0 Å². The zero-order valence-corrected chi connectivity index (χ0v) is 13.6. The molecule has 0 bridgehead atoms. The van der Waals surface area contributed by atoms with Gasteiger partial charge in [0.1, 0.15) is 5.69 Å². The Morgan fingerprint density at radius 1 is 1.17 bits per heavy atom. The third-order valence-corrected chi connectivity index (χ3v) is 3.54. The lowest BCUT2D eigenvalue weighted by Crippen LogP contribution is -2.06. The summed E-state index contributed by atoms with van der Waals surface area (Å²) >= 11 is 0. The second kappa shape index (κ2) is 6.39. The van der Waals surface area contributed by atoms with Crippen molar-refractivity contribution >= 4 is 5.70 Å². The van der Waals surface area contributed by atoms with Crippen LogP contribution in [0.4, 0.5) is 0 Å². The van der Waals surface area contributed by atoms with Crippen LogP contribution in [0.2, 0.25) is 0 Å². The highest BCUT2D eigenvalue weighted by molar-refractivity contribution is 5.59. The third-order valence-electron chi connectivity index (χ3n) is 3.54. The molecule has 3 aromatic heterocycles. The molecule has 0 aliphatic rings. The van der Waals surface area contributed by atoms with Crippen LogP contribution < -0.4 is 5.73 Å². The Hall–Kier alpha value is -3.39. The maximum absolute atomic E-state index is 5.91. The SMILES string of the molecule is C=C(N)c1nc(C#Cc2cccnc2)c(C)n1-c1ccc(C)nc1. The number of hydrogen-bond donors (Lipinski definition) is 1. The van der Waals surface area contributed by atoms with Gasteiger partial charge < -0.3 is 5.73 Å². The van der Waals surface area contributed by atoms with Gasteiger partial charge in [-0.2, -0.15) is 0 Å². The lowest BCUT2D eigenvalue weighted by Gasteiger charge is -2.09. The number of aryl methyl sites for hydroxylation is 1. The maximum Gasteiger partial charge on any atom is 0.161 e. The van der Waals surface area contributed by atoms with Crippen molar-refractivity contribution in [3.63, 3.8) is 0 Å². The summed E-state index contributed by atoms with van der Waals surface area (Å²) in [4.78, 5) is 12.9. The Kier molecular flexibility index (Phi) is 4.13. The van der Waals surface area contributed by atoms with Crippen LogP contribution in [-0.2, 0) is 0 Å². The van der Waals surface area contributed by atoms with E-state index in [4.69, 9.17) is 5.73 Å². The molecule has 0 aliphatic carbocycles. The van der Waals surface area contributed by atoms with Gasteiger partial charge >= 0.3 is 0 Å². The second-order valence-corrected chi connectivity index (χ2v) is 5.38. The molecule has 24 heavy (non-hydrogen) atoms. The van der Waals surface area contributed by atoms with E-state index in [2.05, 4.69) is 33.4 Å². The standard InChI is InChI=1S/C19H17N5/c1-13-6-8-17(12-22-13)24-15(3)18(23-19(24)14(2)20)9-7-16-5-4-10-21-11-16/h4-6,8,10-12H,2,20H2,1,3H3. The molecule has 5 heteroatoms. The molecule has 2 N–H and O–H groups in total. The summed E-state index contributed by atoms with van der Waals surface area (Å²) < 4.78 is 1.92. The normalized spacial score (nSPS) is 10.1. The Morgan fingerprint density at radius 2 is 2.00 bits per heavy atom. The van der Waals surface area contributed by atoms with Crippen molar-refractivity contribution in [3.05, 3.63) is 77.9 Å². The zero-order valence-electron chi connectivity index (χ0n) is 13.6. The molecule has 0 unspecified atom stereocenters. The van der Waals surface area contributed by atoms with Crippen LogP contribution in [0.15, 0.2) is 49.4 Å². The van der Waals surface area contributed by atoms with Crippen LogP contribution in [0.25, 0.3) is 11.4 Å². The third kappa shape index (κ3) is 3.03. The van der Waals surface area contributed by atoms with Crippen LogP contribution in [-0.4, -0.2) is 19.5 Å². The number of hydrogen-bond acceptors (Lipinski definition) is 4. The van der Waals surface area contributed by atoms with Gasteiger partial charge in [-0.3, -0.25) is 14.5 Å². The molecule has 0 aliphatic heterocycles. The number of nitrogens with zero attached hydrogens (tertiary/aromatic N) is 4. The van der Waals surface area contributed by atoms with E-state index in [-0.39, 0.29) is 0 Å². The van der Waals surface area contributed by atoms with Gasteiger partial charge in [-0.15, -0.1) is 0 Å². The van der Waals surface area contributed by atoms with E-state index in [1.54, 1.807) is 18.6 Å². The summed E-state index contributed by atoms with van der Waals surface area (Å²) in [7, 11) is 0. The summed E-state index contributed by atoms with van der Waals surface area (Å²) in [6.07, 6.45) is 5.22. The van der Waals surface area contributed by atoms with Gasteiger partial charge in [-0.1, -0.05) is 12.5 Å². The van der Waals surface area contributed by atoms with Gasteiger partial charge in [0, 0.05) is 23.7 Å². The van der Waals surface area contributed by atoms with Gasteiger partial charge in [0.05, 0.1) is 23.3 Å². The summed E-state index contributed by atoms with van der Waals surface area (Å²) in [5, 5.41) is 0. The number of aromatic nitrogens is 4. The van der Waals surface area contributed by atoms with Crippen LogP contribution in [0.3, 0.4) is 0 Å². The molecule has 3 rings (SSSR count). The molecular weight excluding hydrogens is 298 g/mol. The lowest BCUT2D eigenvalue weighted by atomic mass is 10.2. The zero-order chi connectivity index (χ0) is 17.1. The van der Waals surface area contributed by atoms with E-state index in [1.165, 1.54) is 0 Å². The van der Waals surface area contributed by atoms with Crippen LogP contribution in [0, 0.1) is 25.7 Å². The van der Waals surface area contributed by atoms with E-state index in [1.807, 2.05) is 42.7 Å². The quantitative estimate of drug-likeness (QED) is 0.738. The first kappa shape index (κ1) is 15.5. The topological polar surface area (TPSA) is 69.6 Å². The van der Waals surface area contributed by atoms with Crippen molar-refractivity contribution in [3.8, 4) is 17.5 Å². The van der Waals surface area contributed by atoms with Crippen molar-refractivity contribution in [2.45, 2.75) is 13.8 Å². The van der Waals surface area contributed by atoms with Gasteiger partial charge in [-0.25, -0.2) is 4.98 Å². The number of imidazole rings is 1. The molecule has 5 nitrogen and oxygen atoms in total. The lowest BCUT2D eigenvalue weighted by molar-refractivity contribution is 0.959. The minimum atomic E-state index is 0.383. The number of nitrogens with two attached hydrogens (primary N) is 1. The summed E-state index contributed by atoms with van der Waals surface area (Å²) in [5.41, 5.74) is 10.5. The molecule has 0 radical (unpaired) electrons. The molecule has 0 amide bonds. The number of pyridine rings is 2. The fraction of sp³-hybridized carbons (Fsp3) is 0.105. The molecule has 0 spiro atoms.